The number of hydrogen-bond donors (Lipinski definition) is 1. The number of piperazine rings is 1. The van der Waals surface area contributed by atoms with Crippen LogP contribution in [0.2, 0.25) is 0 Å². The number of rotatable bonds is 5. The number of nitrogens with zero attached hydrogens (tertiary/aromatic N) is 4. The summed E-state index contributed by atoms with van der Waals surface area (Å²) in [5.41, 5.74) is 2.55. The molecule has 4 rings (SSSR count). The van der Waals surface area contributed by atoms with Crippen molar-refractivity contribution in [1.29, 1.82) is 0 Å². The zero-order valence-corrected chi connectivity index (χ0v) is 17.1. The quantitative estimate of drug-likeness (QED) is 0.848. The average molecular weight is 394 g/mol. The smallest absolute Gasteiger partial charge is 0.317 e. The number of carbonyl (C=O) groups excluding carboxylic acids is 1. The van der Waals surface area contributed by atoms with Crippen molar-refractivity contribution < 1.29 is 4.79 Å². The van der Waals surface area contributed by atoms with Crippen molar-refractivity contribution in [2.45, 2.75) is 32.4 Å². The lowest BCUT2D eigenvalue weighted by Crippen LogP contribution is -2.51. The summed E-state index contributed by atoms with van der Waals surface area (Å²) in [7, 11) is 0. The molecule has 3 heterocycles. The first-order valence-corrected chi connectivity index (χ1v) is 10.8. The molecule has 0 aliphatic carbocycles. The Hall–Kier alpha value is -2.60. The number of benzene rings is 1. The summed E-state index contributed by atoms with van der Waals surface area (Å²) < 4.78 is 0. The lowest BCUT2D eigenvalue weighted by Gasteiger charge is -2.35. The van der Waals surface area contributed by atoms with E-state index < -0.39 is 0 Å². The van der Waals surface area contributed by atoms with E-state index in [4.69, 9.17) is 0 Å². The fraction of sp³-hybridized carbons (Fsp3) is 0.478. The Labute approximate surface area is 173 Å². The van der Waals surface area contributed by atoms with Gasteiger partial charge in [-0.1, -0.05) is 36.8 Å². The van der Waals surface area contributed by atoms with E-state index >= 15 is 0 Å². The first kappa shape index (κ1) is 19.7. The zero-order valence-electron chi connectivity index (χ0n) is 17.1. The molecule has 6 heteroatoms. The van der Waals surface area contributed by atoms with Crippen LogP contribution in [-0.4, -0.2) is 60.1 Å². The average Bonchev–Trinajstić information content (AvgIpc) is 2.80. The highest BCUT2D eigenvalue weighted by Gasteiger charge is 2.22. The molecule has 29 heavy (non-hydrogen) atoms. The highest BCUT2D eigenvalue weighted by Crippen LogP contribution is 2.17. The van der Waals surface area contributed by atoms with Crippen LogP contribution in [0.1, 0.15) is 30.4 Å². The van der Waals surface area contributed by atoms with Crippen LogP contribution in [-0.2, 0) is 13.1 Å². The maximum atomic E-state index is 12.7. The standard InChI is InChI=1S/C23H31N5O/c29-23(28-16-14-27(15-17-28)22-10-4-5-11-24-22)25-18-20-8-2-3-9-21(20)19-26-12-6-1-7-13-26/h2-5,8-11H,1,6-7,12-19H2,(H,25,29). The summed E-state index contributed by atoms with van der Waals surface area (Å²) in [5.74, 6) is 0.985. The van der Waals surface area contributed by atoms with Gasteiger partial charge in [0.1, 0.15) is 5.82 Å². The summed E-state index contributed by atoms with van der Waals surface area (Å²) >= 11 is 0. The van der Waals surface area contributed by atoms with E-state index in [1.165, 1.54) is 43.5 Å². The van der Waals surface area contributed by atoms with Crippen LogP contribution < -0.4 is 10.2 Å². The molecule has 6 nitrogen and oxygen atoms in total. The van der Waals surface area contributed by atoms with Crippen molar-refractivity contribution >= 4 is 11.8 Å². The van der Waals surface area contributed by atoms with E-state index in [2.05, 4.69) is 44.4 Å². The third-order valence-corrected chi connectivity index (χ3v) is 5.93. The van der Waals surface area contributed by atoms with Crippen LogP contribution in [0.15, 0.2) is 48.7 Å². The SMILES string of the molecule is O=C(NCc1ccccc1CN1CCCCC1)N1CCN(c2ccccn2)CC1. The van der Waals surface area contributed by atoms with Crippen molar-refractivity contribution in [3.05, 3.63) is 59.8 Å². The summed E-state index contributed by atoms with van der Waals surface area (Å²) in [6.07, 6.45) is 5.75. The largest absolute Gasteiger partial charge is 0.353 e. The van der Waals surface area contributed by atoms with Crippen molar-refractivity contribution in [2.24, 2.45) is 0 Å². The molecular formula is C23H31N5O. The van der Waals surface area contributed by atoms with Gasteiger partial charge in [-0.25, -0.2) is 9.78 Å². The molecule has 0 bridgehead atoms. The Bertz CT molecular complexity index is 783. The summed E-state index contributed by atoms with van der Waals surface area (Å²) in [4.78, 5) is 23.8. The van der Waals surface area contributed by atoms with E-state index in [1.807, 2.05) is 29.3 Å². The van der Waals surface area contributed by atoms with E-state index in [-0.39, 0.29) is 6.03 Å². The first-order chi connectivity index (χ1) is 14.3. The number of anilines is 1. The van der Waals surface area contributed by atoms with Gasteiger partial charge < -0.3 is 15.1 Å². The van der Waals surface area contributed by atoms with Crippen LogP contribution in [0.4, 0.5) is 10.6 Å². The zero-order chi connectivity index (χ0) is 19.9. The normalized spacial score (nSPS) is 17.9. The van der Waals surface area contributed by atoms with Gasteiger partial charge >= 0.3 is 6.03 Å². The minimum atomic E-state index is 0.0263. The van der Waals surface area contributed by atoms with Gasteiger partial charge in [-0.2, -0.15) is 0 Å². The second-order valence-corrected chi connectivity index (χ2v) is 7.93. The molecule has 1 aromatic carbocycles. The van der Waals surface area contributed by atoms with E-state index in [1.54, 1.807) is 0 Å². The number of hydrogen-bond acceptors (Lipinski definition) is 4. The second kappa shape index (κ2) is 9.74. The number of urea groups is 1. The van der Waals surface area contributed by atoms with Gasteiger partial charge in [0.2, 0.25) is 0 Å². The Morgan fingerprint density at radius 1 is 0.862 bits per heavy atom. The molecule has 2 saturated heterocycles. The molecule has 2 aliphatic rings. The molecule has 0 radical (unpaired) electrons. The molecule has 2 amide bonds. The van der Waals surface area contributed by atoms with Gasteiger partial charge in [0.05, 0.1) is 0 Å². The molecule has 0 atom stereocenters. The number of amides is 2. The van der Waals surface area contributed by atoms with Gasteiger partial charge in [0.25, 0.3) is 0 Å². The van der Waals surface area contributed by atoms with Crippen LogP contribution in [0.3, 0.4) is 0 Å². The number of pyridine rings is 1. The summed E-state index contributed by atoms with van der Waals surface area (Å²) in [6, 6.07) is 14.5. The third kappa shape index (κ3) is 5.26. The molecule has 1 aromatic heterocycles. The van der Waals surface area contributed by atoms with Gasteiger partial charge in [-0.05, 0) is 49.2 Å². The fourth-order valence-corrected chi connectivity index (χ4v) is 4.20. The lowest BCUT2D eigenvalue weighted by atomic mass is 10.0. The minimum absolute atomic E-state index is 0.0263. The highest BCUT2D eigenvalue weighted by molar-refractivity contribution is 5.74. The molecule has 2 aromatic rings. The predicted octanol–water partition coefficient (Wildman–Crippen LogP) is 3.10. The first-order valence-electron chi connectivity index (χ1n) is 10.8. The third-order valence-electron chi connectivity index (χ3n) is 5.93. The summed E-state index contributed by atoms with van der Waals surface area (Å²) in [5, 5.41) is 3.14. The topological polar surface area (TPSA) is 51.7 Å². The lowest BCUT2D eigenvalue weighted by molar-refractivity contribution is 0.193. The number of likely N-dealkylation sites (tertiary alicyclic amines) is 1. The van der Waals surface area contributed by atoms with Crippen molar-refractivity contribution in [1.82, 2.24) is 20.1 Å². The molecule has 154 valence electrons. The Morgan fingerprint density at radius 3 is 2.31 bits per heavy atom. The van der Waals surface area contributed by atoms with Crippen molar-refractivity contribution in [2.75, 3.05) is 44.2 Å². The molecule has 0 unspecified atom stereocenters. The van der Waals surface area contributed by atoms with E-state index in [9.17, 15) is 4.79 Å². The fourth-order valence-electron chi connectivity index (χ4n) is 4.20. The summed E-state index contributed by atoms with van der Waals surface area (Å²) in [6.45, 7) is 7.00. The Balaban J connectivity index is 1.28. The minimum Gasteiger partial charge on any atom is -0.353 e. The van der Waals surface area contributed by atoms with Crippen molar-refractivity contribution in [3.8, 4) is 0 Å². The van der Waals surface area contributed by atoms with Gasteiger partial charge in [0.15, 0.2) is 0 Å². The molecular weight excluding hydrogens is 362 g/mol. The maximum Gasteiger partial charge on any atom is 0.317 e. The maximum absolute atomic E-state index is 12.7. The van der Waals surface area contributed by atoms with Gasteiger partial charge in [-0.15, -0.1) is 0 Å². The molecule has 2 fully saturated rings. The van der Waals surface area contributed by atoms with Crippen LogP contribution in [0.5, 0.6) is 0 Å². The van der Waals surface area contributed by atoms with Crippen molar-refractivity contribution in [3.63, 3.8) is 0 Å². The second-order valence-electron chi connectivity index (χ2n) is 7.93. The van der Waals surface area contributed by atoms with Gasteiger partial charge in [-0.3, -0.25) is 4.90 Å². The number of carbonyl (C=O) groups is 1. The van der Waals surface area contributed by atoms with Crippen LogP contribution in [0.25, 0.3) is 0 Å². The monoisotopic (exact) mass is 393 g/mol. The van der Waals surface area contributed by atoms with Gasteiger partial charge in [0, 0.05) is 45.5 Å². The number of nitrogens with one attached hydrogen (secondary N) is 1. The number of piperidine rings is 1. The Morgan fingerprint density at radius 2 is 1.59 bits per heavy atom. The van der Waals surface area contributed by atoms with E-state index in [0.717, 1.165) is 38.5 Å². The molecule has 0 spiro atoms. The van der Waals surface area contributed by atoms with E-state index in [0.29, 0.717) is 6.54 Å². The molecule has 1 N–H and O–H groups in total. The number of aromatic nitrogens is 1. The van der Waals surface area contributed by atoms with Crippen LogP contribution in [0, 0.1) is 0 Å². The predicted molar refractivity (Wildman–Crippen MR) is 116 cm³/mol. The Kier molecular flexibility index (Phi) is 6.62. The molecule has 0 saturated carbocycles. The highest BCUT2D eigenvalue weighted by atomic mass is 16.2. The molecule has 2 aliphatic heterocycles. The van der Waals surface area contributed by atoms with Crippen LogP contribution >= 0.6 is 0 Å².